The topological polar surface area (TPSA) is 144 Å². The lowest BCUT2D eigenvalue weighted by atomic mass is 10.2. The van der Waals surface area contributed by atoms with Crippen molar-refractivity contribution < 1.29 is 27.5 Å². The van der Waals surface area contributed by atoms with Crippen LogP contribution in [0.15, 0.2) is 29.3 Å². The molecule has 0 spiro atoms. The number of nitrogens with zero attached hydrogens (tertiary/aromatic N) is 3. The summed E-state index contributed by atoms with van der Waals surface area (Å²) >= 11 is 1.53. The van der Waals surface area contributed by atoms with Crippen LogP contribution in [0.3, 0.4) is 0 Å². The van der Waals surface area contributed by atoms with Gasteiger partial charge in [0.2, 0.25) is 5.95 Å². The van der Waals surface area contributed by atoms with E-state index in [4.69, 9.17) is 24.3 Å². The summed E-state index contributed by atoms with van der Waals surface area (Å²) in [6.07, 6.45) is 3.04. The Bertz CT molecular complexity index is 1190. The highest BCUT2D eigenvalue weighted by Gasteiger charge is 2.25. The summed E-state index contributed by atoms with van der Waals surface area (Å²) in [5.41, 5.74) is 6.10. The van der Waals surface area contributed by atoms with E-state index in [1.807, 2.05) is 6.26 Å². The van der Waals surface area contributed by atoms with Crippen molar-refractivity contribution in [2.75, 3.05) is 44.4 Å². The van der Waals surface area contributed by atoms with Crippen molar-refractivity contribution in [3.8, 4) is 5.75 Å². The molecule has 1 aromatic carbocycles. The molecule has 2 heterocycles. The second kappa shape index (κ2) is 11.6. The van der Waals surface area contributed by atoms with E-state index in [0.717, 1.165) is 0 Å². The van der Waals surface area contributed by atoms with Crippen molar-refractivity contribution in [2.45, 2.75) is 13.2 Å². The zero-order chi connectivity index (χ0) is 23.8. The number of nitrogens with two attached hydrogens (primary N) is 1. The third-order valence-electron chi connectivity index (χ3n) is 4.44. The zero-order valence-electron chi connectivity index (χ0n) is 18.2. The second-order valence-electron chi connectivity index (χ2n) is 6.78. The van der Waals surface area contributed by atoms with Gasteiger partial charge in [-0.15, -0.1) is 0 Å². The van der Waals surface area contributed by atoms with Crippen molar-refractivity contribution in [3.05, 3.63) is 46.3 Å². The van der Waals surface area contributed by atoms with Crippen LogP contribution in [0.25, 0.3) is 11.2 Å². The molecule has 1 atom stereocenters. The van der Waals surface area contributed by atoms with Gasteiger partial charge in [0.15, 0.2) is 22.7 Å². The Balaban J connectivity index is 1.59. The van der Waals surface area contributed by atoms with Gasteiger partial charge < -0.3 is 28.8 Å². The maximum absolute atomic E-state index is 13.9. The number of nitrogens with one attached hydrogen (secondary N) is 1. The van der Waals surface area contributed by atoms with Gasteiger partial charge in [-0.3, -0.25) is 14.3 Å². The van der Waals surface area contributed by atoms with Gasteiger partial charge in [0.05, 0.1) is 33.3 Å². The van der Waals surface area contributed by atoms with Crippen molar-refractivity contribution in [1.82, 2.24) is 19.5 Å². The first kappa shape index (κ1) is 25.2. The number of thioether (sulfide) groups is 1. The quantitative estimate of drug-likeness (QED) is 0.265. The van der Waals surface area contributed by atoms with Crippen LogP contribution in [-0.4, -0.2) is 58.2 Å². The number of ether oxygens (including phenoxy) is 2. The maximum atomic E-state index is 13.9. The van der Waals surface area contributed by atoms with E-state index in [9.17, 15) is 13.8 Å². The molecule has 3 aromatic rings. The van der Waals surface area contributed by atoms with Crippen molar-refractivity contribution in [2.24, 2.45) is 0 Å². The number of methoxy groups -OCH3 is 1. The largest absolute Gasteiger partial charge is 0.494 e. The van der Waals surface area contributed by atoms with Crippen molar-refractivity contribution in [1.29, 1.82) is 0 Å². The number of benzene rings is 1. The number of imidazole rings is 1. The highest BCUT2D eigenvalue weighted by atomic mass is 32.2. The Labute approximate surface area is 193 Å². The average Bonchev–Trinajstić information content (AvgIpc) is 3.19. The first-order valence-corrected chi connectivity index (χ1v) is 13.0. The van der Waals surface area contributed by atoms with E-state index in [-0.39, 0.29) is 49.9 Å². The SMILES string of the molecule is COc1ccc(COP(=O)(COCCn2cnc3c(=O)[nH]c(N)nc32)OCCSC)cc1F. The maximum Gasteiger partial charge on any atom is 0.356 e. The Morgan fingerprint density at radius 2 is 2.12 bits per heavy atom. The van der Waals surface area contributed by atoms with E-state index in [0.29, 0.717) is 17.0 Å². The zero-order valence-corrected chi connectivity index (χ0v) is 19.9. The van der Waals surface area contributed by atoms with E-state index in [1.165, 1.54) is 37.3 Å². The van der Waals surface area contributed by atoms with Crippen molar-refractivity contribution in [3.63, 3.8) is 0 Å². The summed E-state index contributed by atoms with van der Waals surface area (Å²) in [6.45, 7) is 0.479. The number of hydrogen-bond donors (Lipinski definition) is 2. The molecule has 0 saturated carbocycles. The fourth-order valence-electron chi connectivity index (χ4n) is 2.82. The lowest BCUT2D eigenvalue weighted by Gasteiger charge is -2.19. The Kier molecular flexibility index (Phi) is 8.87. The number of fused-ring (bicyclic) bond motifs is 1. The molecular formula is C19H25FN5O6PS. The minimum Gasteiger partial charge on any atom is -0.494 e. The third kappa shape index (κ3) is 6.78. The van der Waals surface area contributed by atoms with Gasteiger partial charge in [-0.05, 0) is 24.0 Å². The van der Waals surface area contributed by atoms with Crippen LogP contribution in [0.4, 0.5) is 10.3 Å². The normalized spacial score (nSPS) is 13.3. The molecule has 3 N–H and O–H groups in total. The molecule has 180 valence electrons. The van der Waals surface area contributed by atoms with E-state index in [1.54, 1.807) is 10.6 Å². The van der Waals surface area contributed by atoms with Crippen LogP contribution >= 0.6 is 19.4 Å². The molecule has 33 heavy (non-hydrogen) atoms. The van der Waals surface area contributed by atoms with Crippen LogP contribution in [0.5, 0.6) is 5.75 Å². The highest BCUT2D eigenvalue weighted by molar-refractivity contribution is 7.98. The van der Waals surface area contributed by atoms with Crippen LogP contribution < -0.4 is 16.0 Å². The number of nitrogen functional groups attached to an aromatic ring is 1. The molecular weight excluding hydrogens is 476 g/mol. The highest BCUT2D eigenvalue weighted by Crippen LogP contribution is 2.49. The molecule has 0 radical (unpaired) electrons. The Morgan fingerprint density at radius 3 is 2.85 bits per heavy atom. The van der Waals surface area contributed by atoms with Crippen LogP contribution in [-0.2, 0) is 31.5 Å². The molecule has 1 unspecified atom stereocenters. The smallest absolute Gasteiger partial charge is 0.356 e. The molecule has 3 rings (SSSR count). The number of hydrogen-bond acceptors (Lipinski definition) is 10. The van der Waals surface area contributed by atoms with Gasteiger partial charge in [-0.2, -0.15) is 16.7 Å². The Hall–Kier alpha value is -2.44. The number of aromatic nitrogens is 4. The molecule has 0 amide bonds. The minimum atomic E-state index is -3.62. The number of anilines is 1. The summed E-state index contributed by atoms with van der Waals surface area (Å²) in [5, 5.41) is 0. The molecule has 14 heteroatoms. The predicted molar refractivity (Wildman–Crippen MR) is 123 cm³/mol. The molecule has 11 nitrogen and oxygen atoms in total. The van der Waals surface area contributed by atoms with E-state index in [2.05, 4.69) is 15.0 Å². The standard InChI is InChI=1S/C19H25FN5O6PS/c1-28-15-4-3-13(9-14(15)20)10-31-32(27,30-7-8-33-2)12-29-6-5-25-11-22-16-17(25)23-19(21)24-18(16)26/h3-4,9,11H,5-8,10,12H2,1-2H3,(H3,21,23,24,26). The monoisotopic (exact) mass is 501 g/mol. The summed E-state index contributed by atoms with van der Waals surface area (Å²) in [7, 11) is -2.25. The molecule has 0 aliphatic heterocycles. The first-order chi connectivity index (χ1) is 15.8. The number of rotatable bonds is 13. The van der Waals surface area contributed by atoms with Gasteiger partial charge in [0, 0.05) is 12.3 Å². The predicted octanol–water partition coefficient (Wildman–Crippen LogP) is 2.61. The van der Waals surface area contributed by atoms with Crippen molar-refractivity contribution >= 4 is 36.5 Å². The molecule has 0 aliphatic carbocycles. The van der Waals surface area contributed by atoms with Gasteiger partial charge in [-0.1, -0.05) is 6.07 Å². The fraction of sp³-hybridized carbons (Fsp3) is 0.421. The summed E-state index contributed by atoms with van der Waals surface area (Å²) in [4.78, 5) is 22.3. The third-order valence-corrected chi connectivity index (χ3v) is 6.61. The molecule has 0 bridgehead atoms. The number of H-pyrrole nitrogens is 1. The summed E-state index contributed by atoms with van der Waals surface area (Å²) in [6, 6.07) is 4.32. The van der Waals surface area contributed by atoms with Gasteiger partial charge in [0.25, 0.3) is 5.56 Å². The molecule has 0 aliphatic rings. The Morgan fingerprint density at radius 1 is 1.30 bits per heavy atom. The fourth-order valence-corrected chi connectivity index (χ4v) is 4.48. The van der Waals surface area contributed by atoms with Gasteiger partial charge in [0.1, 0.15) is 6.35 Å². The first-order valence-electron chi connectivity index (χ1n) is 9.83. The second-order valence-corrected chi connectivity index (χ2v) is 9.76. The number of aromatic amines is 1. The molecule has 0 saturated heterocycles. The van der Waals surface area contributed by atoms with E-state index >= 15 is 0 Å². The van der Waals surface area contributed by atoms with Crippen LogP contribution in [0.1, 0.15) is 5.56 Å². The van der Waals surface area contributed by atoms with Crippen LogP contribution in [0, 0.1) is 5.82 Å². The number of halogens is 1. The minimum absolute atomic E-state index is 0.0229. The van der Waals surface area contributed by atoms with Gasteiger partial charge in [-0.25, -0.2) is 9.37 Å². The molecule has 0 fully saturated rings. The average molecular weight is 501 g/mol. The molecule has 2 aromatic heterocycles. The van der Waals surface area contributed by atoms with E-state index < -0.39 is 19.0 Å². The lowest BCUT2D eigenvalue weighted by molar-refractivity contribution is 0.123. The van der Waals surface area contributed by atoms with Crippen LogP contribution in [0.2, 0.25) is 0 Å². The van der Waals surface area contributed by atoms with Gasteiger partial charge >= 0.3 is 7.60 Å². The summed E-state index contributed by atoms with van der Waals surface area (Å²) < 4.78 is 50.1. The summed E-state index contributed by atoms with van der Waals surface area (Å²) in [5.74, 6) is 0.151. The lowest BCUT2D eigenvalue weighted by Crippen LogP contribution is -2.13.